The van der Waals surface area contributed by atoms with Crippen molar-refractivity contribution in [3.05, 3.63) is 12.4 Å². The van der Waals surface area contributed by atoms with E-state index in [1.165, 1.54) is 12.8 Å². The summed E-state index contributed by atoms with van der Waals surface area (Å²) in [5.41, 5.74) is 1.00. The lowest BCUT2D eigenvalue weighted by Gasteiger charge is -2.22. The molecule has 3 rings (SSSR count). The first-order valence-corrected chi connectivity index (χ1v) is 7.56. The van der Waals surface area contributed by atoms with Crippen LogP contribution in [0.15, 0.2) is 12.4 Å². The van der Waals surface area contributed by atoms with Gasteiger partial charge in [0.15, 0.2) is 0 Å². The summed E-state index contributed by atoms with van der Waals surface area (Å²) in [5, 5.41) is 14.0. The molecule has 0 spiro atoms. The first-order chi connectivity index (χ1) is 9.79. The van der Waals surface area contributed by atoms with Crippen molar-refractivity contribution < 1.29 is 4.79 Å². The molecule has 0 unspecified atom stereocenters. The molecular formula is C14H23N5O. The Morgan fingerprint density at radius 2 is 2.15 bits per heavy atom. The average molecular weight is 277 g/mol. The van der Waals surface area contributed by atoms with Gasteiger partial charge in [-0.05, 0) is 44.7 Å². The van der Waals surface area contributed by atoms with Gasteiger partial charge in [-0.3, -0.25) is 9.48 Å². The molecule has 1 saturated heterocycles. The molecule has 0 radical (unpaired) electrons. The quantitative estimate of drug-likeness (QED) is 0.711. The Morgan fingerprint density at radius 1 is 1.35 bits per heavy atom. The number of carbonyl (C=O) groups is 1. The van der Waals surface area contributed by atoms with Gasteiger partial charge < -0.3 is 16.0 Å². The van der Waals surface area contributed by atoms with E-state index in [1.54, 1.807) is 10.9 Å². The van der Waals surface area contributed by atoms with Crippen LogP contribution in [-0.4, -0.2) is 41.4 Å². The number of rotatable bonds is 6. The Balaban J connectivity index is 1.42. The van der Waals surface area contributed by atoms with Crippen molar-refractivity contribution >= 4 is 11.6 Å². The lowest BCUT2D eigenvalue weighted by molar-refractivity contribution is -0.122. The number of nitrogens with one attached hydrogen (secondary N) is 3. The van der Waals surface area contributed by atoms with E-state index in [1.807, 2.05) is 6.20 Å². The van der Waals surface area contributed by atoms with Gasteiger partial charge >= 0.3 is 0 Å². The van der Waals surface area contributed by atoms with E-state index >= 15 is 0 Å². The summed E-state index contributed by atoms with van der Waals surface area (Å²) in [6.45, 7) is 3.53. The van der Waals surface area contributed by atoms with Gasteiger partial charge in [-0.15, -0.1) is 0 Å². The van der Waals surface area contributed by atoms with Crippen LogP contribution in [0.25, 0.3) is 0 Å². The van der Waals surface area contributed by atoms with Crippen LogP contribution in [-0.2, 0) is 11.3 Å². The predicted octanol–water partition coefficient (Wildman–Crippen LogP) is 0.573. The second-order valence-corrected chi connectivity index (χ2v) is 5.84. The molecule has 0 bridgehead atoms. The smallest absolute Gasteiger partial charge is 0.241 e. The Kier molecular flexibility index (Phi) is 4.20. The van der Waals surface area contributed by atoms with Crippen LogP contribution in [0.3, 0.4) is 0 Å². The summed E-state index contributed by atoms with van der Waals surface area (Å²) in [6.07, 6.45) is 8.40. The van der Waals surface area contributed by atoms with Crippen LogP contribution in [0.4, 0.5) is 5.69 Å². The second kappa shape index (κ2) is 6.26. The third kappa shape index (κ3) is 3.96. The zero-order valence-corrected chi connectivity index (χ0v) is 11.8. The summed E-state index contributed by atoms with van der Waals surface area (Å²) in [5.74, 6) is 0.790. The van der Waals surface area contributed by atoms with E-state index in [0.717, 1.165) is 44.1 Å². The molecule has 0 aromatic carbocycles. The third-order valence-corrected chi connectivity index (χ3v) is 3.93. The number of hydrogen-bond donors (Lipinski definition) is 3. The molecule has 2 heterocycles. The van der Waals surface area contributed by atoms with Crippen molar-refractivity contribution in [1.29, 1.82) is 0 Å². The fourth-order valence-electron chi connectivity index (χ4n) is 2.54. The molecule has 6 heteroatoms. The van der Waals surface area contributed by atoms with Gasteiger partial charge in [0.1, 0.15) is 6.54 Å². The van der Waals surface area contributed by atoms with Crippen molar-refractivity contribution in [2.45, 2.75) is 38.3 Å². The third-order valence-electron chi connectivity index (χ3n) is 3.93. The highest BCUT2D eigenvalue weighted by Gasteiger charge is 2.23. The molecule has 2 aliphatic rings. The molecule has 1 aliphatic heterocycles. The van der Waals surface area contributed by atoms with Crippen molar-refractivity contribution in [2.75, 3.05) is 25.0 Å². The number of nitrogens with zero attached hydrogens (tertiary/aromatic N) is 2. The number of carbonyl (C=O) groups excluding carboxylic acids is 1. The summed E-state index contributed by atoms with van der Waals surface area (Å²) in [6, 6.07) is 0.413. The number of piperidine rings is 1. The van der Waals surface area contributed by atoms with Gasteiger partial charge in [-0.2, -0.15) is 5.10 Å². The zero-order valence-electron chi connectivity index (χ0n) is 11.8. The van der Waals surface area contributed by atoms with Crippen LogP contribution in [0.5, 0.6) is 0 Å². The van der Waals surface area contributed by atoms with E-state index in [2.05, 4.69) is 21.0 Å². The zero-order chi connectivity index (χ0) is 13.8. The SMILES string of the molecule is O=C(Cn1cc(NCC2CCNCC2)cn1)NC1CC1. The number of anilines is 1. The van der Waals surface area contributed by atoms with Crippen LogP contribution in [0, 0.1) is 5.92 Å². The van der Waals surface area contributed by atoms with E-state index in [0.29, 0.717) is 12.6 Å². The Labute approximate surface area is 119 Å². The normalized spacial score (nSPS) is 19.8. The Bertz CT molecular complexity index is 448. The van der Waals surface area contributed by atoms with E-state index < -0.39 is 0 Å². The van der Waals surface area contributed by atoms with Gasteiger partial charge in [0.2, 0.25) is 5.91 Å². The maximum Gasteiger partial charge on any atom is 0.241 e. The van der Waals surface area contributed by atoms with E-state index in [4.69, 9.17) is 0 Å². The number of aromatic nitrogens is 2. The number of amides is 1. The van der Waals surface area contributed by atoms with Crippen LogP contribution in [0.1, 0.15) is 25.7 Å². The maximum absolute atomic E-state index is 11.7. The predicted molar refractivity (Wildman–Crippen MR) is 77.5 cm³/mol. The van der Waals surface area contributed by atoms with Crippen molar-refractivity contribution in [3.63, 3.8) is 0 Å². The van der Waals surface area contributed by atoms with Crippen molar-refractivity contribution in [1.82, 2.24) is 20.4 Å². The monoisotopic (exact) mass is 277 g/mol. The highest BCUT2D eigenvalue weighted by Crippen LogP contribution is 2.18. The minimum absolute atomic E-state index is 0.0560. The topological polar surface area (TPSA) is 71.0 Å². The average Bonchev–Trinajstić information content (AvgIpc) is 3.15. The largest absolute Gasteiger partial charge is 0.382 e. The standard InChI is InChI=1S/C14H23N5O/c20-14(18-12-1-2-12)10-19-9-13(8-17-19)16-7-11-3-5-15-6-4-11/h8-9,11-12,15-16H,1-7,10H2,(H,18,20). The van der Waals surface area contributed by atoms with Crippen LogP contribution in [0.2, 0.25) is 0 Å². The molecule has 1 aliphatic carbocycles. The van der Waals surface area contributed by atoms with E-state index in [-0.39, 0.29) is 5.91 Å². The Hall–Kier alpha value is -1.56. The summed E-state index contributed by atoms with van der Waals surface area (Å²) in [4.78, 5) is 11.7. The summed E-state index contributed by atoms with van der Waals surface area (Å²) < 4.78 is 1.70. The minimum Gasteiger partial charge on any atom is -0.382 e. The Morgan fingerprint density at radius 3 is 2.90 bits per heavy atom. The molecule has 20 heavy (non-hydrogen) atoms. The molecule has 1 amide bonds. The van der Waals surface area contributed by atoms with Gasteiger partial charge in [-0.25, -0.2) is 0 Å². The molecule has 1 saturated carbocycles. The first-order valence-electron chi connectivity index (χ1n) is 7.56. The first kappa shape index (κ1) is 13.4. The summed E-state index contributed by atoms with van der Waals surface area (Å²) >= 11 is 0. The molecule has 0 atom stereocenters. The molecule has 2 fully saturated rings. The highest BCUT2D eigenvalue weighted by atomic mass is 16.2. The minimum atomic E-state index is 0.0560. The molecule has 1 aromatic rings. The summed E-state index contributed by atoms with van der Waals surface area (Å²) in [7, 11) is 0. The van der Waals surface area contributed by atoms with Crippen LogP contribution < -0.4 is 16.0 Å². The van der Waals surface area contributed by atoms with Gasteiger partial charge in [0.25, 0.3) is 0 Å². The molecular weight excluding hydrogens is 254 g/mol. The number of hydrogen-bond acceptors (Lipinski definition) is 4. The molecule has 3 N–H and O–H groups in total. The van der Waals surface area contributed by atoms with E-state index in [9.17, 15) is 4.79 Å². The lowest BCUT2D eigenvalue weighted by Crippen LogP contribution is -2.31. The fourth-order valence-corrected chi connectivity index (χ4v) is 2.54. The van der Waals surface area contributed by atoms with Crippen LogP contribution >= 0.6 is 0 Å². The highest BCUT2D eigenvalue weighted by molar-refractivity contribution is 5.76. The van der Waals surface area contributed by atoms with Gasteiger partial charge in [0, 0.05) is 18.8 Å². The second-order valence-electron chi connectivity index (χ2n) is 5.84. The molecule has 1 aromatic heterocycles. The fraction of sp³-hybridized carbons (Fsp3) is 0.714. The van der Waals surface area contributed by atoms with Gasteiger partial charge in [0.05, 0.1) is 11.9 Å². The van der Waals surface area contributed by atoms with Gasteiger partial charge in [-0.1, -0.05) is 0 Å². The molecule has 6 nitrogen and oxygen atoms in total. The van der Waals surface area contributed by atoms with Crippen molar-refractivity contribution in [3.8, 4) is 0 Å². The van der Waals surface area contributed by atoms with Crippen molar-refractivity contribution in [2.24, 2.45) is 5.92 Å². The lowest BCUT2D eigenvalue weighted by atomic mass is 9.98. The maximum atomic E-state index is 11.7. The molecule has 110 valence electrons.